The average Bonchev–Trinajstić information content (AvgIpc) is 1.51. The first-order chi connectivity index (χ1) is 44.7. The number of carboxylic acids is 1. The van der Waals surface area contributed by atoms with Gasteiger partial charge in [-0.25, -0.2) is 4.79 Å². The predicted octanol–water partition coefficient (Wildman–Crippen LogP) is -11.9. The third kappa shape index (κ3) is 18.7. The molecule has 0 aromatic heterocycles. The van der Waals surface area contributed by atoms with E-state index in [0.717, 1.165) is 30.6 Å². The Bertz CT molecular complexity index is 2810. The van der Waals surface area contributed by atoms with Crippen LogP contribution in [0.15, 0.2) is 4.99 Å². The number of aliphatic hydroxyl groups excluding tert-OH is 8. The smallest absolute Gasteiger partial charge is 0.367 e. The van der Waals surface area contributed by atoms with E-state index in [2.05, 4.69) is 36.9 Å². The minimum atomic E-state index is -2.80. The molecule has 536 valence electrons. The topological polar surface area (TPSA) is 630 Å². The van der Waals surface area contributed by atoms with Crippen molar-refractivity contribution >= 4 is 71.1 Å². The zero-order chi connectivity index (χ0) is 70.7. The van der Waals surface area contributed by atoms with Crippen LogP contribution in [0.2, 0.25) is 0 Å². The lowest BCUT2D eigenvalue weighted by Crippen LogP contribution is -2.74. The van der Waals surface area contributed by atoms with E-state index in [4.69, 9.17) is 56.1 Å². The molecule has 0 aromatic carbocycles. The number of nitrogens with one attached hydrogen (secondary N) is 6. The average molecular weight is 1360 g/mol. The van der Waals surface area contributed by atoms with Gasteiger partial charge >= 0.3 is 11.9 Å². The van der Waals surface area contributed by atoms with Crippen molar-refractivity contribution in [2.24, 2.45) is 27.9 Å². The molecule has 6 rings (SSSR count). The van der Waals surface area contributed by atoms with Crippen molar-refractivity contribution in [3.05, 3.63) is 0 Å². The number of carbonyl (C=O) groups is 11. The summed E-state index contributed by atoms with van der Waals surface area (Å²) in [5, 5.41) is 112. The van der Waals surface area contributed by atoms with E-state index in [1.54, 1.807) is 0 Å². The van der Waals surface area contributed by atoms with Crippen molar-refractivity contribution in [2.75, 3.05) is 39.5 Å². The number of nitrogens with zero attached hydrogens (tertiary/aromatic N) is 3. The summed E-state index contributed by atoms with van der Waals surface area (Å²) >= 11 is 0. The van der Waals surface area contributed by atoms with Gasteiger partial charge in [0.2, 0.25) is 53.2 Å². The highest BCUT2D eigenvalue weighted by Gasteiger charge is 2.65. The minimum Gasteiger partial charge on any atom is -0.481 e. The maximum atomic E-state index is 15.2. The number of aliphatic carboxylic acids is 1. The molecule has 95 heavy (non-hydrogen) atoms. The largest absolute Gasteiger partial charge is 0.481 e. The van der Waals surface area contributed by atoms with Crippen molar-refractivity contribution in [1.29, 1.82) is 0 Å². The second-order valence-corrected chi connectivity index (χ2v) is 24.1. The summed E-state index contributed by atoms with van der Waals surface area (Å²) in [5.74, 6) is -14.7. The van der Waals surface area contributed by atoms with Crippen LogP contribution in [0.4, 0.5) is 0 Å². The van der Waals surface area contributed by atoms with Crippen LogP contribution in [0.1, 0.15) is 86.0 Å². The van der Waals surface area contributed by atoms with Gasteiger partial charge in [-0.05, 0) is 59.3 Å². The van der Waals surface area contributed by atoms with Crippen LogP contribution in [0, 0.1) is 0 Å². The fourth-order valence-electron chi connectivity index (χ4n) is 12.1. The van der Waals surface area contributed by atoms with Crippen molar-refractivity contribution in [3.8, 4) is 0 Å². The van der Waals surface area contributed by atoms with E-state index in [0.29, 0.717) is 6.42 Å². The lowest BCUT2D eigenvalue weighted by molar-refractivity contribution is -0.402. The number of esters is 1. The molecular formula is C55H89N13O27. The molecule has 23 N–H and O–H groups in total. The molecule has 40 nitrogen and oxygen atoms in total. The Balaban J connectivity index is 1.36. The number of hydrogen-bond acceptors (Lipinski definition) is 28. The van der Waals surface area contributed by atoms with Gasteiger partial charge in [-0.3, -0.25) is 52.9 Å². The van der Waals surface area contributed by atoms with Crippen molar-refractivity contribution in [1.82, 2.24) is 41.7 Å². The summed E-state index contributed by atoms with van der Waals surface area (Å²) in [6, 6.07) is -13.9. The number of amides is 9. The molecule has 0 radical (unpaired) electrons. The first kappa shape index (κ1) is 76.9. The molecule has 6 heterocycles. The molecule has 9 amide bonds. The standard InChI is InChI=1S/C55H89N13O27/c1-20(56)49(86)67-13-7-11-28(67)47(84)65-26(15-33(76)77)45(82)66-34(48(85)64-25(9-6-12-60-54(58)59)50(87)68-14-8-10-27(68)46(83)61-21(2)44(57)81)22(3)89-51-36(63-24(5)73)41(38(79)31(18-70)90-51)92-52-39(80)43-40(32(19-71)91-52)93-53(88)55(95-43)16-29(74)35(62-23(4)72)42(94-55)37(78)30(75)17-69/h20-22,25-32,34-43,51-52,69-71,74-75,78-80H,6-19,56H2,1-5H3,(H2,57,81)(H,61,83)(H,62,72)(H,63,73)(H,64,85)(H,65,84)(H,66,82)(H,76,77)(H4,58,59,60)/t20-,21-,22+,25-,26-,27-,28-,29-,30+,31+,32+,34-,35+,36+,37+,38-,39+,40-,41+,42+,43+,51-,52-,55-/m0/s1. The van der Waals surface area contributed by atoms with Gasteiger partial charge in [-0.2, -0.15) is 0 Å². The highest BCUT2D eigenvalue weighted by atomic mass is 16.8. The third-order valence-corrected chi connectivity index (χ3v) is 16.9. The number of fused-ring (bicyclic) bond motifs is 1. The van der Waals surface area contributed by atoms with Gasteiger partial charge < -0.3 is 144 Å². The van der Waals surface area contributed by atoms with E-state index < -0.39 is 244 Å². The van der Waals surface area contributed by atoms with Crippen LogP contribution >= 0.6 is 0 Å². The van der Waals surface area contributed by atoms with Gasteiger partial charge in [0.1, 0.15) is 97.2 Å². The lowest BCUT2D eigenvalue weighted by Gasteiger charge is -2.54. The number of primary amides is 1. The van der Waals surface area contributed by atoms with Crippen LogP contribution in [-0.4, -0.2) is 312 Å². The number of carboxylic acid groups (broad SMARTS) is 1. The van der Waals surface area contributed by atoms with Crippen LogP contribution in [0.5, 0.6) is 0 Å². The van der Waals surface area contributed by atoms with E-state index in [1.807, 2.05) is 0 Å². The molecule has 0 saturated carbocycles. The normalized spacial score (nSPS) is 32.3. The fraction of sp³-hybridized carbons (Fsp3) is 0.782. The van der Waals surface area contributed by atoms with Crippen molar-refractivity contribution in [2.45, 2.75) is 232 Å². The Morgan fingerprint density at radius 3 is 1.88 bits per heavy atom. The molecule has 6 aliphatic heterocycles. The Morgan fingerprint density at radius 2 is 1.33 bits per heavy atom. The molecule has 6 saturated heterocycles. The number of aliphatic hydroxyl groups is 8. The molecule has 0 aromatic rings. The number of aliphatic imine (C=N–C) groups is 1. The highest BCUT2D eigenvalue weighted by molar-refractivity contribution is 5.98. The van der Waals surface area contributed by atoms with Gasteiger partial charge in [0.15, 0.2) is 24.6 Å². The van der Waals surface area contributed by atoms with Crippen molar-refractivity contribution < 1.29 is 132 Å². The second kappa shape index (κ2) is 33.7. The van der Waals surface area contributed by atoms with Crippen LogP contribution in [-0.2, 0) is 85.9 Å². The zero-order valence-electron chi connectivity index (χ0n) is 52.7. The summed E-state index contributed by atoms with van der Waals surface area (Å²) in [5.41, 5.74) is 22.3. The number of guanidine groups is 1. The van der Waals surface area contributed by atoms with Crippen LogP contribution in [0.3, 0.4) is 0 Å². The first-order valence-corrected chi connectivity index (χ1v) is 30.8. The summed E-state index contributed by atoms with van der Waals surface area (Å²) in [6.07, 6.45) is -29.1. The SMILES string of the molecule is CC(=O)N[C@H]1[C@@H](O[C@H](C)[C@H](NC(=O)[C@H](CC(=O)O)NC(=O)[C@@H]2CCCN2C(=O)[C@H](C)N)C(=O)N[C@@H](CCCN=C(N)N)C(=O)N2CCC[C@H]2C(=O)N[C@@H](C)C(N)=O)O[C@H](CO)[C@H](O)[C@@H]1O[C@@H]1O[C@H](CO)[C@@H]2OC(=O)[C@]3(C[C@H](O)[C@@H](NC(C)=O)[C@H]([C@H](O)[C@H](O)CO)O3)O[C@@H]2[C@H]1O. The first-order valence-electron chi connectivity index (χ1n) is 30.8. The van der Waals surface area contributed by atoms with E-state index in [1.165, 1.54) is 13.8 Å². The van der Waals surface area contributed by atoms with E-state index in [-0.39, 0.29) is 57.7 Å². The lowest BCUT2D eigenvalue weighted by atomic mass is 9.87. The van der Waals surface area contributed by atoms with Gasteiger partial charge in [-0.1, -0.05) is 0 Å². The maximum Gasteiger partial charge on any atom is 0.367 e. The van der Waals surface area contributed by atoms with Gasteiger partial charge in [-0.15, -0.1) is 0 Å². The fourth-order valence-corrected chi connectivity index (χ4v) is 12.1. The Hall–Kier alpha value is -7.16. The van der Waals surface area contributed by atoms with Crippen LogP contribution < -0.4 is 54.8 Å². The Kier molecular flexibility index (Phi) is 27.2. The molecule has 6 fully saturated rings. The predicted molar refractivity (Wildman–Crippen MR) is 314 cm³/mol. The van der Waals surface area contributed by atoms with Crippen molar-refractivity contribution in [3.63, 3.8) is 0 Å². The molecular weight excluding hydrogens is 1270 g/mol. The van der Waals surface area contributed by atoms with Crippen LogP contribution in [0.25, 0.3) is 0 Å². The number of hydrogen-bond donors (Lipinski definition) is 19. The number of nitrogens with two attached hydrogens (primary N) is 4. The molecule has 0 unspecified atom stereocenters. The number of likely N-dealkylation sites (tertiary alicyclic amines) is 2. The summed E-state index contributed by atoms with van der Waals surface area (Å²) < 4.78 is 42.0. The quantitative estimate of drug-likeness (QED) is 0.0143. The monoisotopic (exact) mass is 1360 g/mol. The number of ether oxygens (including phenoxy) is 7. The number of carbonyl (C=O) groups excluding carboxylic acids is 10. The third-order valence-electron chi connectivity index (χ3n) is 16.9. The van der Waals surface area contributed by atoms with E-state index >= 15 is 4.79 Å². The molecule has 1 spiro atoms. The summed E-state index contributed by atoms with van der Waals surface area (Å²) in [4.78, 5) is 155. The Labute approximate surface area is 542 Å². The van der Waals surface area contributed by atoms with Gasteiger partial charge in [0, 0.05) is 39.9 Å². The second-order valence-electron chi connectivity index (χ2n) is 24.1. The molecule has 24 atom stereocenters. The molecule has 0 bridgehead atoms. The zero-order valence-corrected chi connectivity index (χ0v) is 52.7. The summed E-state index contributed by atoms with van der Waals surface area (Å²) in [7, 11) is 0. The number of rotatable bonds is 29. The summed E-state index contributed by atoms with van der Waals surface area (Å²) in [6.45, 7) is 2.54. The molecule has 40 heteroatoms. The molecule has 0 aliphatic carbocycles. The van der Waals surface area contributed by atoms with Gasteiger partial charge in [0.25, 0.3) is 5.79 Å². The maximum absolute atomic E-state index is 15.2. The highest BCUT2D eigenvalue weighted by Crippen LogP contribution is 2.43. The van der Waals surface area contributed by atoms with E-state index in [9.17, 15) is 93.9 Å². The van der Waals surface area contributed by atoms with Gasteiger partial charge in [0.05, 0.1) is 50.5 Å². The molecule has 6 aliphatic rings. The Morgan fingerprint density at radius 1 is 0.737 bits per heavy atom. The minimum absolute atomic E-state index is 0.0334.